The van der Waals surface area contributed by atoms with Crippen molar-refractivity contribution < 1.29 is 0 Å². The third-order valence-corrected chi connectivity index (χ3v) is 2.51. The summed E-state index contributed by atoms with van der Waals surface area (Å²) in [6.07, 6.45) is 3.27. The van der Waals surface area contributed by atoms with E-state index in [1.54, 1.807) is 0 Å². The first-order valence-corrected chi connectivity index (χ1v) is 4.96. The Bertz CT molecular complexity index is 682. The lowest BCUT2D eigenvalue weighted by Crippen LogP contribution is -2.09. The van der Waals surface area contributed by atoms with Crippen LogP contribution in [0.3, 0.4) is 0 Å². The molecule has 0 saturated carbocycles. The Hall–Kier alpha value is -2.36. The van der Waals surface area contributed by atoms with E-state index in [2.05, 4.69) is 9.97 Å². The molecule has 0 radical (unpaired) electrons. The van der Waals surface area contributed by atoms with Crippen LogP contribution >= 0.6 is 0 Å². The minimum atomic E-state index is -0.126. The molecule has 0 fully saturated rings. The van der Waals surface area contributed by atoms with Gasteiger partial charge >= 0.3 is 0 Å². The number of nitrogens with zero attached hydrogens (tertiary/aromatic N) is 2. The number of hydrogen-bond donors (Lipinski definition) is 1. The van der Waals surface area contributed by atoms with Crippen molar-refractivity contribution in [2.45, 2.75) is 0 Å². The Morgan fingerprint density at radius 2 is 1.94 bits per heavy atom. The standard InChI is InChI=1S/C12H9N3O/c16-12-11-10(13-8-14-12)6-7-15(11)9-4-2-1-3-5-9/h1-8H,(H,13,14,16). The zero-order valence-electron chi connectivity index (χ0n) is 8.42. The maximum Gasteiger partial charge on any atom is 0.275 e. The number of benzene rings is 1. The predicted molar refractivity (Wildman–Crippen MR) is 61.7 cm³/mol. The topological polar surface area (TPSA) is 50.7 Å². The highest BCUT2D eigenvalue weighted by molar-refractivity contribution is 5.76. The van der Waals surface area contributed by atoms with Gasteiger partial charge in [0.05, 0.1) is 11.8 Å². The van der Waals surface area contributed by atoms with Gasteiger partial charge in [0.15, 0.2) is 0 Å². The largest absolute Gasteiger partial charge is 0.311 e. The Labute approximate surface area is 91.2 Å². The van der Waals surface area contributed by atoms with Crippen molar-refractivity contribution in [2.75, 3.05) is 0 Å². The molecule has 0 aliphatic carbocycles. The van der Waals surface area contributed by atoms with Crippen molar-refractivity contribution in [3.05, 3.63) is 59.3 Å². The highest BCUT2D eigenvalue weighted by Crippen LogP contribution is 2.14. The van der Waals surface area contributed by atoms with E-state index in [4.69, 9.17) is 0 Å². The number of nitrogens with one attached hydrogen (secondary N) is 1. The molecule has 0 amide bonds. The molecule has 1 N–H and O–H groups in total. The molecule has 0 saturated heterocycles. The normalized spacial score (nSPS) is 10.8. The molecule has 1 aromatic carbocycles. The first-order valence-electron chi connectivity index (χ1n) is 4.96. The van der Waals surface area contributed by atoms with Crippen molar-refractivity contribution in [1.29, 1.82) is 0 Å². The van der Waals surface area contributed by atoms with Gasteiger partial charge in [-0.25, -0.2) is 4.98 Å². The second kappa shape index (κ2) is 3.34. The van der Waals surface area contributed by atoms with E-state index in [0.717, 1.165) is 5.69 Å². The van der Waals surface area contributed by atoms with Crippen LogP contribution in [0.1, 0.15) is 0 Å². The molecule has 4 nitrogen and oxygen atoms in total. The van der Waals surface area contributed by atoms with Crippen molar-refractivity contribution in [3.8, 4) is 5.69 Å². The number of hydrogen-bond acceptors (Lipinski definition) is 2. The SMILES string of the molecule is O=c1[nH]cnc2ccn(-c3ccccc3)c12. The molecule has 0 unspecified atom stereocenters. The zero-order valence-corrected chi connectivity index (χ0v) is 8.42. The highest BCUT2D eigenvalue weighted by atomic mass is 16.1. The maximum absolute atomic E-state index is 11.7. The second-order valence-electron chi connectivity index (χ2n) is 3.49. The number of aromatic amines is 1. The molecule has 0 aliphatic heterocycles. The number of para-hydroxylation sites is 1. The van der Waals surface area contributed by atoms with Crippen LogP contribution in [0.4, 0.5) is 0 Å². The lowest BCUT2D eigenvalue weighted by molar-refractivity contribution is 1.08. The van der Waals surface area contributed by atoms with E-state index in [0.29, 0.717) is 11.0 Å². The Balaban J connectivity index is 2.38. The fraction of sp³-hybridized carbons (Fsp3) is 0. The van der Waals surface area contributed by atoms with Gasteiger partial charge in [0.1, 0.15) is 5.52 Å². The van der Waals surface area contributed by atoms with Crippen LogP contribution in [0.2, 0.25) is 0 Å². The summed E-state index contributed by atoms with van der Waals surface area (Å²) in [7, 11) is 0. The summed E-state index contributed by atoms with van der Waals surface area (Å²) >= 11 is 0. The fourth-order valence-electron chi connectivity index (χ4n) is 1.78. The first kappa shape index (κ1) is 8.91. The molecule has 78 valence electrons. The molecule has 2 heterocycles. The predicted octanol–water partition coefficient (Wildman–Crippen LogP) is 1.71. The van der Waals surface area contributed by atoms with Crippen LogP contribution in [0.15, 0.2) is 53.7 Å². The smallest absolute Gasteiger partial charge is 0.275 e. The zero-order chi connectivity index (χ0) is 11.0. The van der Waals surface area contributed by atoms with E-state index in [-0.39, 0.29) is 5.56 Å². The molecule has 16 heavy (non-hydrogen) atoms. The Kier molecular flexibility index (Phi) is 1.86. The van der Waals surface area contributed by atoms with E-state index in [1.165, 1.54) is 6.33 Å². The van der Waals surface area contributed by atoms with Gasteiger partial charge in [0.2, 0.25) is 0 Å². The van der Waals surface area contributed by atoms with Crippen LogP contribution in [0.5, 0.6) is 0 Å². The summed E-state index contributed by atoms with van der Waals surface area (Å²) in [4.78, 5) is 18.4. The lowest BCUT2D eigenvalue weighted by atomic mass is 10.3. The average molecular weight is 211 g/mol. The van der Waals surface area contributed by atoms with E-state index in [9.17, 15) is 4.79 Å². The van der Waals surface area contributed by atoms with Gasteiger partial charge in [-0.15, -0.1) is 0 Å². The van der Waals surface area contributed by atoms with Gasteiger partial charge in [-0.3, -0.25) is 4.79 Å². The molecule has 3 rings (SSSR count). The number of fused-ring (bicyclic) bond motifs is 1. The van der Waals surface area contributed by atoms with Gasteiger partial charge in [0, 0.05) is 11.9 Å². The van der Waals surface area contributed by atoms with E-state index >= 15 is 0 Å². The molecule has 4 heteroatoms. The molecule has 0 aliphatic rings. The quantitative estimate of drug-likeness (QED) is 0.666. The average Bonchev–Trinajstić information content (AvgIpc) is 2.75. The van der Waals surface area contributed by atoms with Crippen molar-refractivity contribution in [3.63, 3.8) is 0 Å². The Morgan fingerprint density at radius 3 is 2.75 bits per heavy atom. The van der Waals surface area contributed by atoms with Crippen LogP contribution in [-0.2, 0) is 0 Å². The van der Waals surface area contributed by atoms with Gasteiger partial charge in [-0.2, -0.15) is 0 Å². The highest BCUT2D eigenvalue weighted by Gasteiger charge is 2.06. The van der Waals surface area contributed by atoms with Gasteiger partial charge < -0.3 is 9.55 Å². The molecule has 0 bridgehead atoms. The molecule has 0 atom stereocenters. The van der Waals surface area contributed by atoms with Crippen LogP contribution in [0.25, 0.3) is 16.7 Å². The summed E-state index contributed by atoms with van der Waals surface area (Å²) in [6, 6.07) is 11.5. The number of H-pyrrole nitrogens is 1. The van der Waals surface area contributed by atoms with E-state index < -0.39 is 0 Å². The van der Waals surface area contributed by atoms with Crippen molar-refractivity contribution in [2.24, 2.45) is 0 Å². The third kappa shape index (κ3) is 1.24. The molecule has 0 spiro atoms. The summed E-state index contributed by atoms with van der Waals surface area (Å²) in [5, 5.41) is 0. The minimum absolute atomic E-state index is 0.126. The van der Waals surface area contributed by atoms with Gasteiger partial charge in [0.25, 0.3) is 5.56 Å². The number of rotatable bonds is 1. The molecular weight excluding hydrogens is 202 g/mol. The molecular formula is C12H9N3O. The third-order valence-electron chi connectivity index (χ3n) is 2.51. The maximum atomic E-state index is 11.7. The number of aromatic nitrogens is 3. The van der Waals surface area contributed by atoms with Crippen molar-refractivity contribution in [1.82, 2.24) is 14.5 Å². The van der Waals surface area contributed by atoms with Crippen LogP contribution in [-0.4, -0.2) is 14.5 Å². The van der Waals surface area contributed by atoms with Crippen molar-refractivity contribution >= 4 is 11.0 Å². The first-order chi connectivity index (χ1) is 7.86. The Morgan fingerprint density at radius 1 is 1.12 bits per heavy atom. The molecule has 3 aromatic rings. The van der Waals surface area contributed by atoms with E-state index in [1.807, 2.05) is 47.2 Å². The summed E-state index contributed by atoms with van der Waals surface area (Å²) in [6.45, 7) is 0. The van der Waals surface area contributed by atoms with Gasteiger partial charge in [-0.05, 0) is 18.2 Å². The van der Waals surface area contributed by atoms with Crippen LogP contribution in [0, 0.1) is 0 Å². The second-order valence-corrected chi connectivity index (χ2v) is 3.49. The monoisotopic (exact) mass is 211 g/mol. The molecule has 2 aromatic heterocycles. The summed E-state index contributed by atoms with van der Waals surface area (Å²) < 4.78 is 1.83. The van der Waals surface area contributed by atoms with Gasteiger partial charge in [-0.1, -0.05) is 18.2 Å². The summed E-state index contributed by atoms with van der Waals surface area (Å²) in [5.41, 5.74) is 2.11. The fourth-order valence-corrected chi connectivity index (χ4v) is 1.78. The van der Waals surface area contributed by atoms with Crippen LogP contribution < -0.4 is 5.56 Å². The minimum Gasteiger partial charge on any atom is -0.311 e. The summed E-state index contributed by atoms with van der Waals surface area (Å²) in [5.74, 6) is 0. The lowest BCUT2D eigenvalue weighted by Gasteiger charge is -2.03.